The molecule has 0 aromatic carbocycles. The number of allylic oxidation sites excluding steroid dienone is 3. The number of nitrogens with one attached hydrogen (secondary N) is 2. The van der Waals surface area contributed by atoms with E-state index in [9.17, 15) is 0 Å². The van der Waals surface area contributed by atoms with Gasteiger partial charge >= 0.3 is 0 Å². The lowest BCUT2D eigenvalue weighted by molar-refractivity contribution is 0.606. The van der Waals surface area contributed by atoms with Crippen LogP contribution in [0.25, 0.3) is 0 Å². The van der Waals surface area contributed by atoms with E-state index in [0.717, 1.165) is 0 Å². The van der Waals surface area contributed by atoms with Crippen LogP contribution in [0.15, 0.2) is 24.0 Å². The minimum absolute atomic E-state index is 0.572. The van der Waals surface area contributed by atoms with Gasteiger partial charge in [0, 0.05) is 11.9 Å². The highest BCUT2D eigenvalue weighted by Gasteiger charge is 2.00. The first-order valence-electron chi connectivity index (χ1n) is 3.19. The molecule has 0 bridgehead atoms. The second kappa shape index (κ2) is 2.58. The van der Waals surface area contributed by atoms with E-state index in [1.54, 1.807) is 0 Å². The van der Waals surface area contributed by atoms with Gasteiger partial charge < -0.3 is 10.9 Å². The van der Waals surface area contributed by atoms with E-state index in [4.69, 9.17) is 0 Å². The third kappa shape index (κ3) is 1.49. The lowest BCUT2D eigenvalue weighted by atomic mass is 10.1. The van der Waals surface area contributed by atoms with Crippen molar-refractivity contribution in [2.45, 2.75) is 13.8 Å². The van der Waals surface area contributed by atoms with Crippen LogP contribution in [-0.4, -0.2) is 0 Å². The fourth-order valence-electron chi connectivity index (χ4n) is 0.703. The number of hydrogen-bond donors (Lipinski definition) is 2. The van der Waals surface area contributed by atoms with Crippen molar-refractivity contribution in [3.05, 3.63) is 24.0 Å². The highest BCUT2D eigenvalue weighted by molar-refractivity contribution is 5.15. The molecular weight excluding hydrogens is 112 g/mol. The van der Waals surface area contributed by atoms with Gasteiger partial charge in [-0.25, -0.2) is 0 Å². The second-order valence-electron chi connectivity index (χ2n) is 2.41. The summed E-state index contributed by atoms with van der Waals surface area (Å²) in [5.74, 6) is 0.572. The van der Waals surface area contributed by atoms with Gasteiger partial charge in [-0.1, -0.05) is 13.8 Å². The zero-order valence-electron chi connectivity index (χ0n) is 5.81. The Labute approximate surface area is 55.6 Å². The monoisotopic (exact) mass is 124 g/mol. The summed E-state index contributed by atoms with van der Waals surface area (Å²) in [6.45, 7) is 4.30. The van der Waals surface area contributed by atoms with Gasteiger partial charge in [-0.2, -0.15) is 0 Å². The molecule has 0 spiro atoms. The largest absolute Gasteiger partial charge is 0.308 e. The Hall–Kier alpha value is -0.920. The molecule has 0 radical (unpaired) electrons. The summed E-state index contributed by atoms with van der Waals surface area (Å²) in [6.07, 6.45) is 5.93. The minimum Gasteiger partial charge on any atom is -0.308 e. The summed E-state index contributed by atoms with van der Waals surface area (Å²) < 4.78 is 0. The van der Waals surface area contributed by atoms with Crippen LogP contribution in [0.4, 0.5) is 0 Å². The molecule has 0 fully saturated rings. The molecule has 0 saturated carbocycles. The Kier molecular flexibility index (Phi) is 1.78. The average molecular weight is 124 g/mol. The van der Waals surface area contributed by atoms with E-state index < -0.39 is 0 Å². The lowest BCUT2D eigenvalue weighted by Crippen LogP contribution is -2.30. The van der Waals surface area contributed by atoms with Gasteiger partial charge in [0.2, 0.25) is 0 Å². The zero-order valence-corrected chi connectivity index (χ0v) is 5.81. The molecule has 1 aliphatic rings. The van der Waals surface area contributed by atoms with E-state index in [1.165, 1.54) is 5.70 Å². The van der Waals surface area contributed by atoms with Gasteiger partial charge in [0.25, 0.3) is 0 Å². The van der Waals surface area contributed by atoms with Crippen LogP contribution >= 0.6 is 0 Å². The first-order chi connectivity index (χ1) is 4.30. The minimum atomic E-state index is 0.572. The lowest BCUT2D eigenvalue weighted by Gasteiger charge is -2.15. The summed E-state index contributed by atoms with van der Waals surface area (Å²) in [5.41, 5.74) is 7.19. The molecule has 0 aromatic heterocycles. The van der Waals surface area contributed by atoms with Crippen molar-refractivity contribution < 1.29 is 0 Å². The van der Waals surface area contributed by atoms with E-state index >= 15 is 0 Å². The summed E-state index contributed by atoms with van der Waals surface area (Å²) >= 11 is 0. The molecule has 0 saturated heterocycles. The van der Waals surface area contributed by atoms with Crippen molar-refractivity contribution >= 4 is 0 Å². The molecule has 9 heavy (non-hydrogen) atoms. The van der Waals surface area contributed by atoms with Crippen molar-refractivity contribution in [2.75, 3.05) is 0 Å². The Bertz CT molecular complexity index is 145. The van der Waals surface area contributed by atoms with Crippen LogP contribution in [0.1, 0.15) is 13.8 Å². The number of hydrazine groups is 1. The molecule has 50 valence electrons. The maximum absolute atomic E-state index is 3.04. The van der Waals surface area contributed by atoms with E-state index in [2.05, 4.69) is 30.8 Å². The predicted molar refractivity (Wildman–Crippen MR) is 38.3 cm³/mol. The first kappa shape index (κ1) is 6.20. The smallest absolute Gasteiger partial charge is 0.0339 e. The Morgan fingerprint density at radius 1 is 1.44 bits per heavy atom. The standard InChI is InChI=1S/C7H12N2/c1-6(2)7-4-3-5-8-9-7/h3-6,8-9H,1-2H3. The van der Waals surface area contributed by atoms with Crippen molar-refractivity contribution in [1.29, 1.82) is 0 Å². The summed E-state index contributed by atoms with van der Waals surface area (Å²) in [5, 5.41) is 0. The van der Waals surface area contributed by atoms with Crippen LogP contribution in [0, 0.1) is 5.92 Å². The van der Waals surface area contributed by atoms with Crippen LogP contribution in [0.3, 0.4) is 0 Å². The fraction of sp³-hybridized carbons (Fsp3) is 0.429. The SMILES string of the molecule is CC(C)C1=CC=CNN1. The number of rotatable bonds is 1. The van der Waals surface area contributed by atoms with Gasteiger partial charge in [-0.05, 0) is 18.1 Å². The van der Waals surface area contributed by atoms with E-state index in [-0.39, 0.29) is 0 Å². The van der Waals surface area contributed by atoms with Gasteiger partial charge in [0.05, 0.1) is 0 Å². The normalized spacial score (nSPS) is 16.6. The van der Waals surface area contributed by atoms with Crippen LogP contribution in [0.5, 0.6) is 0 Å². The van der Waals surface area contributed by atoms with Crippen molar-refractivity contribution in [3.63, 3.8) is 0 Å². The molecule has 0 unspecified atom stereocenters. The van der Waals surface area contributed by atoms with Crippen LogP contribution in [0.2, 0.25) is 0 Å². The Morgan fingerprint density at radius 2 is 2.22 bits per heavy atom. The quantitative estimate of drug-likeness (QED) is 0.548. The first-order valence-corrected chi connectivity index (χ1v) is 3.19. The van der Waals surface area contributed by atoms with Crippen molar-refractivity contribution in [2.24, 2.45) is 5.92 Å². The predicted octanol–water partition coefficient (Wildman–Crippen LogP) is 1.15. The molecule has 1 aliphatic heterocycles. The van der Waals surface area contributed by atoms with Crippen LogP contribution in [-0.2, 0) is 0 Å². The van der Waals surface area contributed by atoms with Gasteiger partial charge in [0.15, 0.2) is 0 Å². The zero-order chi connectivity index (χ0) is 6.69. The summed E-state index contributed by atoms with van der Waals surface area (Å²) in [6, 6.07) is 0. The Balaban J connectivity index is 2.57. The molecule has 2 N–H and O–H groups in total. The molecule has 0 amide bonds. The summed E-state index contributed by atoms with van der Waals surface area (Å²) in [7, 11) is 0. The molecular formula is C7H12N2. The van der Waals surface area contributed by atoms with Gasteiger partial charge in [0.1, 0.15) is 0 Å². The van der Waals surface area contributed by atoms with Crippen molar-refractivity contribution in [1.82, 2.24) is 10.9 Å². The topological polar surface area (TPSA) is 24.1 Å². The molecule has 2 heteroatoms. The molecule has 1 heterocycles. The maximum Gasteiger partial charge on any atom is 0.0339 e. The molecule has 1 rings (SSSR count). The summed E-state index contributed by atoms with van der Waals surface area (Å²) in [4.78, 5) is 0. The fourth-order valence-corrected chi connectivity index (χ4v) is 0.703. The van der Waals surface area contributed by atoms with Crippen molar-refractivity contribution in [3.8, 4) is 0 Å². The van der Waals surface area contributed by atoms with Crippen LogP contribution < -0.4 is 10.9 Å². The molecule has 2 nitrogen and oxygen atoms in total. The second-order valence-corrected chi connectivity index (χ2v) is 2.41. The molecule has 0 aromatic rings. The Morgan fingerprint density at radius 3 is 2.56 bits per heavy atom. The third-order valence-corrected chi connectivity index (χ3v) is 1.29. The number of hydrogen-bond acceptors (Lipinski definition) is 2. The molecule has 0 aliphatic carbocycles. The van der Waals surface area contributed by atoms with Gasteiger partial charge in [-0.15, -0.1) is 0 Å². The van der Waals surface area contributed by atoms with E-state index in [1.807, 2.05) is 12.3 Å². The highest BCUT2D eigenvalue weighted by atomic mass is 15.4. The molecule has 0 atom stereocenters. The highest BCUT2D eigenvalue weighted by Crippen LogP contribution is 2.05. The third-order valence-electron chi connectivity index (χ3n) is 1.29. The van der Waals surface area contributed by atoms with Gasteiger partial charge in [-0.3, -0.25) is 0 Å². The average Bonchev–Trinajstić information content (AvgIpc) is 1.90. The maximum atomic E-state index is 3.04. The van der Waals surface area contributed by atoms with E-state index in [0.29, 0.717) is 5.92 Å².